The van der Waals surface area contributed by atoms with E-state index in [-0.39, 0.29) is 5.82 Å². The Balaban J connectivity index is 1.47. The first-order chi connectivity index (χ1) is 13.1. The molecule has 1 aliphatic heterocycles. The summed E-state index contributed by atoms with van der Waals surface area (Å²) in [6.07, 6.45) is 3.90. The first-order valence-electron chi connectivity index (χ1n) is 9.07. The predicted octanol–water partition coefficient (Wildman–Crippen LogP) is 0.934. The van der Waals surface area contributed by atoms with Crippen LogP contribution in [0.5, 0.6) is 0 Å². The maximum Gasteiger partial charge on any atom is 0.202 e. The van der Waals surface area contributed by atoms with E-state index in [1.54, 1.807) is 16.7 Å². The van der Waals surface area contributed by atoms with Gasteiger partial charge in [0.2, 0.25) is 4.77 Å². The maximum atomic E-state index is 14.1. The zero-order chi connectivity index (χ0) is 18.8. The number of H-pyrrole nitrogens is 1. The van der Waals surface area contributed by atoms with Crippen LogP contribution >= 0.6 is 12.2 Å². The number of hydrogen-bond donors (Lipinski definition) is 1. The van der Waals surface area contributed by atoms with Crippen LogP contribution < -0.4 is 14.8 Å². The number of benzene rings is 1. The molecule has 0 unspecified atom stereocenters. The van der Waals surface area contributed by atoms with Crippen molar-refractivity contribution in [1.82, 2.24) is 14.3 Å². The lowest BCUT2D eigenvalue weighted by Crippen LogP contribution is -3.14. The van der Waals surface area contributed by atoms with Crippen LogP contribution in [0.3, 0.4) is 0 Å². The molecular formula is C19H23FN6S+2. The van der Waals surface area contributed by atoms with E-state index in [0.29, 0.717) is 22.8 Å². The molecule has 0 atom stereocenters. The number of nitrogens with zero attached hydrogens (tertiary/aromatic N) is 4. The minimum Gasteiger partial charge on any atom is -0.360 e. The van der Waals surface area contributed by atoms with E-state index in [2.05, 4.69) is 27.1 Å². The molecule has 6 nitrogen and oxygen atoms in total. The summed E-state index contributed by atoms with van der Waals surface area (Å²) >= 11 is 5.54. The summed E-state index contributed by atoms with van der Waals surface area (Å²) in [4.78, 5) is 6.87. The first kappa shape index (κ1) is 17.8. The molecule has 27 heavy (non-hydrogen) atoms. The molecule has 1 aliphatic rings. The topological polar surface area (TPSA) is 44.6 Å². The Morgan fingerprint density at radius 3 is 2.56 bits per heavy atom. The van der Waals surface area contributed by atoms with Gasteiger partial charge >= 0.3 is 0 Å². The number of halogens is 1. The molecule has 0 aliphatic carbocycles. The fourth-order valence-electron chi connectivity index (χ4n) is 3.51. The minimum absolute atomic E-state index is 0.284. The van der Waals surface area contributed by atoms with Gasteiger partial charge in [0.25, 0.3) is 0 Å². The molecule has 0 saturated carbocycles. The molecule has 3 heterocycles. The van der Waals surface area contributed by atoms with Crippen LogP contribution in [0, 0.1) is 10.6 Å². The Kier molecular flexibility index (Phi) is 5.00. The van der Waals surface area contributed by atoms with Crippen molar-refractivity contribution in [1.29, 1.82) is 0 Å². The van der Waals surface area contributed by atoms with E-state index < -0.39 is 0 Å². The van der Waals surface area contributed by atoms with Gasteiger partial charge in [0.05, 0.1) is 31.7 Å². The molecule has 0 spiro atoms. The van der Waals surface area contributed by atoms with Gasteiger partial charge in [-0.2, -0.15) is 4.68 Å². The third-order valence-electron chi connectivity index (χ3n) is 5.07. The van der Waals surface area contributed by atoms with Gasteiger partial charge in [-0.05, 0) is 24.4 Å². The van der Waals surface area contributed by atoms with Gasteiger partial charge < -0.3 is 14.4 Å². The molecule has 2 aromatic heterocycles. The molecular weight excluding hydrogens is 363 g/mol. The summed E-state index contributed by atoms with van der Waals surface area (Å²) < 4.78 is 18.4. The standard InChI is InChI=1S/C19H21FN6S/c1-23-18(16-4-2-3-5-17(16)20)22-26(19(23)27)14-24-10-12-25(13-11-24)15-6-8-21-9-7-15/h2-9H,10-14H2,1H3/p+2. The number of quaternary nitrogens is 1. The number of anilines is 1. The Morgan fingerprint density at radius 1 is 1.15 bits per heavy atom. The average Bonchev–Trinajstić information content (AvgIpc) is 2.98. The van der Waals surface area contributed by atoms with Crippen molar-refractivity contribution in [3.8, 4) is 11.4 Å². The van der Waals surface area contributed by atoms with Crippen molar-refractivity contribution in [2.75, 3.05) is 31.1 Å². The van der Waals surface area contributed by atoms with Crippen molar-refractivity contribution in [3.63, 3.8) is 0 Å². The number of aromatic nitrogens is 4. The van der Waals surface area contributed by atoms with Crippen molar-refractivity contribution in [2.45, 2.75) is 6.67 Å². The Hall–Kier alpha value is -2.58. The van der Waals surface area contributed by atoms with Crippen LogP contribution in [-0.2, 0) is 13.7 Å². The number of hydrogen-bond acceptors (Lipinski definition) is 3. The smallest absolute Gasteiger partial charge is 0.202 e. The average molecular weight is 387 g/mol. The van der Waals surface area contributed by atoms with Crippen LogP contribution in [0.25, 0.3) is 11.4 Å². The Bertz CT molecular complexity index is 975. The van der Waals surface area contributed by atoms with E-state index >= 15 is 0 Å². The van der Waals surface area contributed by atoms with Crippen molar-refractivity contribution < 1.29 is 14.3 Å². The molecule has 0 amide bonds. The van der Waals surface area contributed by atoms with Crippen LogP contribution in [0.2, 0.25) is 0 Å². The minimum atomic E-state index is -0.284. The maximum absolute atomic E-state index is 14.1. The number of rotatable bonds is 4. The van der Waals surface area contributed by atoms with Gasteiger partial charge in [0.15, 0.2) is 24.9 Å². The van der Waals surface area contributed by atoms with Crippen molar-refractivity contribution in [2.24, 2.45) is 7.05 Å². The summed E-state index contributed by atoms with van der Waals surface area (Å²) in [5, 5.41) is 4.61. The summed E-state index contributed by atoms with van der Waals surface area (Å²) in [6, 6.07) is 10.9. The fraction of sp³-hybridized carbons (Fsp3) is 0.316. The molecule has 1 aromatic carbocycles. The summed E-state index contributed by atoms with van der Waals surface area (Å²) in [5.41, 5.74) is 1.72. The molecule has 2 N–H and O–H groups in total. The Labute approximate surface area is 162 Å². The lowest BCUT2D eigenvalue weighted by Gasteiger charge is -2.33. The van der Waals surface area contributed by atoms with Crippen LogP contribution in [-0.4, -0.2) is 40.5 Å². The highest BCUT2D eigenvalue weighted by Crippen LogP contribution is 2.20. The lowest BCUT2D eigenvalue weighted by atomic mass is 10.2. The number of nitrogens with one attached hydrogen (secondary N) is 2. The van der Waals surface area contributed by atoms with E-state index in [4.69, 9.17) is 12.2 Å². The summed E-state index contributed by atoms with van der Waals surface area (Å²) in [6.45, 7) is 4.68. The van der Waals surface area contributed by atoms with Gasteiger partial charge in [0, 0.05) is 24.9 Å². The Morgan fingerprint density at radius 2 is 1.85 bits per heavy atom. The third kappa shape index (κ3) is 3.63. The second kappa shape index (κ2) is 7.58. The van der Waals surface area contributed by atoms with Gasteiger partial charge in [-0.25, -0.2) is 9.37 Å². The highest BCUT2D eigenvalue weighted by molar-refractivity contribution is 7.71. The van der Waals surface area contributed by atoms with Gasteiger partial charge in [-0.15, -0.1) is 5.10 Å². The monoisotopic (exact) mass is 386 g/mol. The van der Waals surface area contributed by atoms with E-state index in [1.807, 2.05) is 30.2 Å². The summed E-state index contributed by atoms with van der Waals surface area (Å²) in [5.74, 6) is 0.283. The van der Waals surface area contributed by atoms with E-state index in [9.17, 15) is 4.39 Å². The molecule has 1 fully saturated rings. The van der Waals surface area contributed by atoms with E-state index in [1.165, 1.54) is 16.7 Å². The molecule has 1 saturated heterocycles. The zero-order valence-electron chi connectivity index (χ0n) is 15.2. The number of aromatic amines is 1. The predicted molar refractivity (Wildman–Crippen MR) is 103 cm³/mol. The second-order valence-corrected chi connectivity index (χ2v) is 7.16. The molecule has 3 aromatic rings. The highest BCUT2D eigenvalue weighted by atomic mass is 32.1. The van der Waals surface area contributed by atoms with Gasteiger partial charge in [-0.1, -0.05) is 12.1 Å². The highest BCUT2D eigenvalue weighted by Gasteiger charge is 2.22. The quantitative estimate of drug-likeness (QED) is 0.679. The van der Waals surface area contributed by atoms with Crippen LogP contribution in [0.4, 0.5) is 10.1 Å². The zero-order valence-corrected chi connectivity index (χ0v) is 16.0. The first-order valence-corrected chi connectivity index (χ1v) is 9.47. The lowest BCUT2D eigenvalue weighted by molar-refractivity contribution is -0.924. The van der Waals surface area contributed by atoms with Crippen molar-refractivity contribution in [3.05, 3.63) is 59.4 Å². The second-order valence-electron chi connectivity index (χ2n) is 6.80. The van der Waals surface area contributed by atoms with Crippen LogP contribution in [0.15, 0.2) is 48.8 Å². The third-order valence-corrected chi connectivity index (χ3v) is 5.55. The fourth-order valence-corrected chi connectivity index (χ4v) is 3.70. The summed E-state index contributed by atoms with van der Waals surface area (Å²) in [7, 11) is 1.84. The molecule has 0 radical (unpaired) electrons. The molecule has 4 rings (SSSR count). The van der Waals surface area contributed by atoms with Gasteiger partial charge in [-0.3, -0.25) is 0 Å². The SMILES string of the molecule is Cn1c(-c2ccccc2F)nn(C[NH+]2CCN(c3cc[nH+]cc3)CC2)c1=S. The normalized spacial score (nSPS) is 15.3. The van der Waals surface area contributed by atoms with Crippen LogP contribution in [0.1, 0.15) is 0 Å². The largest absolute Gasteiger partial charge is 0.360 e. The molecule has 8 heteroatoms. The molecule has 140 valence electrons. The van der Waals surface area contributed by atoms with Gasteiger partial charge in [0.1, 0.15) is 5.82 Å². The molecule has 0 bridgehead atoms. The van der Waals surface area contributed by atoms with E-state index in [0.717, 1.165) is 26.2 Å². The number of piperazine rings is 1. The number of pyridine rings is 1. The van der Waals surface area contributed by atoms with Crippen molar-refractivity contribution >= 4 is 17.9 Å².